The van der Waals surface area contributed by atoms with E-state index in [0.29, 0.717) is 17.7 Å². The zero-order valence-electron chi connectivity index (χ0n) is 12.3. The second-order valence-electron chi connectivity index (χ2n) is 5.34. The number of nitrogens with zero attached hydrogens (tertiary/aromatic N) is 1. The molecule has 1 aromatic rings. The Kier molecular flexibility index (Phi) is 6.23. The van der Waals surface area contributed by atoms with Crippen molar-refractivity contribution in [3.63, 3.8) is 0 Å². The first-order chi connectivity index (χ1) is 10.3. The number of nitrogens with one attached hydrogen (secondary N) is 1. The van der Waals surface area contributed by atoms with Crippen LogP contribution in [0.25, 0.3) is 0 Å². The molecule has 0 saturated heterocycles. The predicted octanol–water partition coefficient (Wildman–Crippen LogP) is 2.27. The number of carbonyl (C=O) groups is 1. The van der Waals surface area contributed by atoms with Gasteiger partial charge in [-0.25, -0.2) is 4.98 Å². The van der Waals surface area contributed by atoms with Gasteiger partial charge >= 0.3 is 0 Å². The van der Waals surface area contributed by atoms with E-state index in [1.165, 1.54) is 25.7 Å². The Hall–Kier alpha value is -1.86. The second kappa shape index (κ2) is 8.43. The van der Waals surface area contributed by atoms with Crippen molar-refractivity contribution in [2.24, 2.45) is 0 Å². The van der Waals surface area contributed by atoms with Gasteiger partial charge in [0.05, 0.1) is 12.2 Å². The summed E-state index contributed by atoms with van der Waals surface area (Å²) < 4.78 is 0. The lowest BCUT2D eigenvalue weighted by molar-refractivity contribution is 0.0928. The molecule has 1 aliphatic rings. The standard InChI is InChI=1S/C17H22N2O2/c20-13-6-5-8-14-9-7-12-18-16(14)17(21)19-15-10-3-1-2-4-11-15/h7,9,12,15,20H,1-4,6,10-11,13H2,(H,19,21). The summed E-state index contributed by atoms with van der Waals surface area (Å²) in [6.45, 7) is 0.0247. The third-order valence-corrected chi connectivity index (χ3v) is 3.67. The van der Waals surface area contributed by atoms with E-state index >= 15 is 0 Å². The molecular weight excluding hydrogens is 264 g/mol. The van der Waals surface area contributed by atoms with Crippen molar-refractivity contribution in [1.29, 1.82) is 0 Å². The van der Waals surface area contributed by atoms with Crippen LogP contribution in [0.3, 0.4) is 0 Å². The van der Waals surface area contributed by atoms with Gasteiger partial charge in [0.2, 0.25) is 0 Å². The molecule has 2 N–H and O–H groups in total. The van der Waals surface area contributed by atoms with Gasteiger partial charge in [0.15, 0.2) is 0 Å². The van der Waals surface area contributed by atoms with Crippen LogP contribution in [-0.2, 0) is 0 Å². The Morgan fingerprint density at radius 1 is 1.33 bits per heavy atom. The summed E-state index contributed by atoms with van der Waals surface area (Å²) in [5.74, 6) is 5.61. The molecule has 112 valence electrons. The normalized spacial score (nSPS) is 15.7. The van der Waals surface area contributed by atoms with Gasteiger partial charge in [0.1, 0.15) is 5.69 Å². The third-order valence-electron chi connectivity index (χ3n) is 3.67. The van der Waals surface area contributed by atoms with Gasteiger partial charge in [0, 0.05) is 18.7 Å². The molecule has 4 heteroatoms. The lowest BCUT2D eigenvalue weighted by atomic mass is 10.1. The van der Waals surface area contributed by atoms with E-state index in [9.17, 15) is 4.79 Å². The molecule has 0 bridgehead atoms. The molecule has 0 aliphatic heterocycles. The van der Waals surface area contributed by atoms with Crippen molar-refractivity contribution in [3.05, 3.63) is 29.6 Å². The molecule has 1 aromatic heterocycles. The molecule has 1 amide bonds. The zero-order chi connectivity index (χ0) is 14.9. The number of carbonyl (C=O) groups excluding carboxylic acids is 1. The molecular formula is C17H22N2O2. The molecule has 1 aliphatic carbocycles. The van der Waals surface area contributed by atoms with Gasteiger partial charge < -0.3 is 10.4 Å². The summed E-state index contributed by atoms with van der Waals surface area (Å²) in [7, 11) is 0. The van der Waals surface area contributed by atoms with E-state index in [4.69, 9.17) is 5.11 Å². The number of rotatable bonds is 3. The highest BCUT2D eigenvalue weighted by Gasteiger charge is 2.18. The minimum Gasteiger partial charge on any atom is -0.395 e. The summed E-state index contributed by atoms with van der Waals surface area (Å²) in [5.41, 5.74) is 1.00. The quantitative estimate of drug-likeness (QED) is 0.662. The fourth-order valence-corrected chi connectivity index (χ4v) is 2.58. The Morgan fingerprint density at radius 3 is 2.81 bits per heavy atom. The van der Waals surface area contributed by atoms with E-state index in [0.717, 1.165) is 12.8 Å². The molecule has 1 heterocycles. The summed E-state index contributed by atoms with van der Waals surface area (Å²) >= 11 is 0. The molecule has 1 fully saturated rings. The van der Waals surface area contributed by atoms with Gasteiger partial charge in [0.25, 0.3) is 5.91 Å². The number of aliphatic hydroxyl groups is 1. The van der Waals surface area contributed by atoms with E-state index in [1.54, 1.807) is 18.3 Å². The molecule has 1 saturated carbocycles. The molecule has 4 nitrogen and oxygen atoms in total. The number of pyridine rings is 1. The van der Waals surface area contributed by atoms with Crippen LogP contribution in [0.2, 0.25) is 0 Å². The highest BCUT2D eigenvalue weighted by Crippen LogP contribution is 2.17. The summed E-state index contributed by atoms with van der Waals surface area (Å²) in [4.78, 5) is 16.6. The molecule has 2 rings (SSSR count). The predicted molar refractivity (Wildman–Crippen MR) is 81.8 cm³/mol. The van der Waals surface area contributed by atoms with E-state index in [-0.39, 0.29) is 18.6 Å². The summed E-state index contributed by atoms with van der Waals surface area (Å²) in [6, 6.07) is 3.81. The minimum absolute atomic E-state index is 0.0247. The van der Waals surface area contributed by atoms with Crippen LogP contribution in [0.5, 0.6) is 0 Å². The third kappa shape index (κ3) is 4.87. The number of amides is 1. The Balaban J connectivity index is 2.06. The van der Waals surface area contributed by atoms with Crippen molar-refractivity contribution in [2.45, 2.75) is 51.0 Å². The van der Waals surface area contributed by atoms with Crippen molar-refractivity contribution in [3.8, 4) is 11.8 Å². The largest absolute Gasteiger partial charge is 0.395 e. The second-order valence-corrected chi connectivity index (χ2v) is 5.34. The fourth-order valence-electron chi connectivity index (χ4n) is 2.58. The summed E-state index contributed by atoms with van der Waals surface area (Å²) in [6.07, 6.45) is 8.97. The van der Waals surface area contributed by atoms with Crippen LogP contribution in [0, 0.1) is 11.8 Å². The van der Waals surface area contributed by atoms with Crippen molar-refractivity contribution in [2.75, 3.05) is 6.61 Å². The van der Waals surface area contributed by atoms with Gasteiger partial charge in [-0.05, 0) is 25.0 Å². The van der Waals surface area contributed by atoms with Crippen LogP contribution in [0.4, 0.5) is 0 Å². The number of hydrogen-bond acceptors (Lipinski definition) is 3. The van der Waals surface area contributed by atoms with Gasteiger partial charge in [-0.2, -0.15) is 0 Å². The van der Waals surface area contributed by atoms with Crippen molar-refractivity contribution in [1.82, 2.24) is 10.3 Å². The Labute approximate surface area is 126 Å². The minimum atomic E-state index is -0.143. The highest BCUT2D eigenvalue weighted by atomic mass is 16.2. The SMILES string of the molecule is O=C(NC1CCCCCC1)c1ncccc1C#CCCO. The average molecular weight is 286 g/mol. The average Bonchev–Trinajstić information content (AvgIpc) is 2.76. The van der Waals surface area contributed by atoms with E-state index in [1.807, 2.05) is 0 Å². The van der Waals surface area contributed by atoms with Gasteiger partial charge in [-0.15, -0.1) is 0 Å². The molecule has 0 radical (unpaired) electrons. The first-order valence-corrected chi connectivity index (χ1v) is 7.67. The molecule has 0 atom stereocenters. The van der Waals surface area contributed by atoms with E-state index in [2.05, 4.69) is 22.1 Å². The fraction of sp³-hybridized carbons (Fsp3) is 0.529. The Bertz CT molecular complexity index is 523. The monoisotopic (exact) mass is 286 g/mol. The van der Waals surface area contributed by atoms with E-state index < -0.39 is 0 Å². The highest BCUT2D eigenvalue weighted by molar-refractivity contribution is 5.94. The number of aliphatic hydroxyl groups excluding tert-OH is 1. The zero-order valence-corrected chi connectivity index (χ0v) is 12.3. The maximum Gasteiger partial charge on any atom is 0.271 e. The van der Waals surface area contributed by atoms with Crippen LogP contribution >= 0.6 is 0 Å². The molecule has 0 unspecified atom stereocenters. The maximum atomic E-state index is 12.4. The molecule has 21 heavy (non-hydrogen) atoms. The molecule has 0 aromatic carbocycles. The van der Waals surface area contributed by atoms with Crippen molar-refractivity contribution >= 4 is 5.91 Å². The lowest BCUT2D eigenvalue weighted by Crippen LogP contribution is -2.35. The molecule has 0 spiro atoms. The lowest BCUT2D eigenvalue weighted by Gasteiger charge is -2.16. The Morgan fingerprint density at radius 2 is 2.10 bits per heavy atom. The van der Waals surface area contributed by atoms with Gasteiger partial charge in [-0.1, -0.05) is 37.5 Å². The first kappa shape index (κ1) is 15.5. The topological polar surface area (TPSA) is 62.2 Å². The van der Waals surface area contributed by atoms with Gasteiger partial charge in [-0.3, -0.25) is 4.79 Å². The van der Waals surface area contributed by atoms with Crippen molar-refractivity contribution < 1.29 is 9.90 Å². The smallest absolute Gasteiger partial charge is 0.271 e. The number of aromatic nitrogens is 1. The van der Waals surface area contributed by atoms with Crippen LogP contribution < -0.4 is 5.32 Å². The first-order valence-electron chi connectivity index (χ1n) is 7.67. The van der Waals surface area contributed by atoms with Crippen LogP contribution in [0.15, 0.2) is 18.3 Å². The summed E-state index contributed by atoms with van der Waals surface area (Å²) in [5, 5.41) is 11.9. The number of hydrogen-bond donors (Lipinski definition) is 2. The van der Waals surface area contributed by atoms with Crippen LogP contribution in [0.1, 0.15) is 61.0 Å². The maximum absolute atomic E-state index is 12.4. The van der Waals surface area contributed by atoms with Crippen LogP contribution in [-0.4, -0.2) is 28.6 Å².